The number of benzene rings is 1. The summed E-state index contributed by atoms with van der Waals surface area (Å²) in [5.74, 6) is -0.152. The van der Waals surface area contributed by atoms with Gasteiger partial charge < -0.3 is 10.0 Å². The molecule has 0 unspecified atom stereocenters. The number of carbonyl (C=O) groups is 2. The van der Waals surface area contributed by atoms with Crippen molar-refractivity contribution in [3.63, 3.8) is 0 Å². The van der Waals surface area contributed by atoms with Gasteiger partial charge in [-0.2, -0.15) is 0 Å². The second kappa shape index (κ2) is 5.95. The van der Waals surface area contributed by atoms with Crippen molar-refractivity contribution in [1.82, 2.24) is 4.90 Å². The molecular weight excluding hydrogens is 298 g/mol. The fourth-order valence-corrected chi connectivity index (χ4v) is 4.50. The monoisotopic (exact) mass is 319 g/mol. The van der Waals surface area contributed by atoms with E-state index in [2.05, 4.69) is 0 Å². The van der Waals surface area contributed by atoms with Gasteiger partial charge in [-0.25, -0.2) is 0 Å². The number of thioether (sulfide) groups is 1. The summed E-state index contributed by atoms with van der Waals surface area (Å²) in [5, 5.41) is 9.56. The lowest BCUT2D eigenvalue weighted by atomic mass is 9.81. The van der Waals surface area contributed by atoms with Crippen LogP contribution in [0, 0.1) is 18.3 Å². The predicted molar refractivity (Wildman–Crippen MR) is 85.9 cm³/mol. The molecule has 5 heteroatoms. The third-order valence-electron chi connectivity index (χ3n) is 5.03. The first-order valence-corrected chi connectivity index (χ1v) is 8.70. The van der Waals surface area contributed by atoms with Crippen LogP contribution in [0.5, 0.6) is 0 Å². The van der Waals surface area contributed by atoms with E-state index in [4.69, 9.17) is 0 Å². The maximum absolute atomic E-state index is 12.4. The highest BCUT2D eigenvalue weighted by molar-refractivity contribution is 8.00. The molecule has 1 amide bonds. The van der Waals surface area contributed by atoms with E-state index in [1.54, 1.807) is 4.90 Å². The molecule has 1 saturated heterocycles. The van der Waals surface area contributed by atoms with Gasteiger partial charge in [-0.05, 0) is 37.8 Å². The summed E-state index contributed by atoms with van der Waals surface area (Å²) in [7, 11) is 0. The molecule has 118 valence electrons. The van der Waals surface area contributed by atoms with Crippen molar-refractivity contribution < 1.29 is 14.7 Å². The Kier molecular flexibility index (Phi) is 4.17. The number of likely N-dealkylation sites (tertiary alicyclic amines) is 1. The molecule has 3 rings (SSSR count). The summed E-state index contributed by atoms with van der Waals surface area (Å²) in [6, 6.07) is 8.11. The van der Waals surface area contributed by atoms with Crippen molar-refractivity contribution in [2.45, 2.75) is 31.1 Å². The first kappa shape index (κ1) is 15.4. The van der Waals surface area contributed by atoms with Crippen LogP contribution in [0.4, 0.5) is 0 Å². The van der Waals surface area contributed by atoms with Gasteiger partial charge in [0.25, 0.3) is 0 Å². The van der Waals surface area contributed by atoms with E-state index >= 15 is 0 Å². The quantitative estimate of drug-likeness (QED) is 0.867. The highest BCUT2D eigenvalue weighted by Crippen LogP contribution is 2.49. The number of fused-ring (bicyclic) bond motifs is 1. The van der Waals surface area contributed by atoms with Crippen molar-refractivity contribution in [2.24, 2.45) is 11.3 Å². The SMILES string of the molecule is Cc1ccc(SCC(=O)N2C[C@@H]3CCC[C@@]3(C(=O)O)C2)cc1. The van der Waals surface area contributed by atoms with Crippen LogP contribution >= 0.6 is 11.8 Å². The van der Waals surface area contributed by atoms with Gasteiger partial charge in [-0.1, -0.05) is 24.1 Å². The number of hydrogen-bond acceptors (Lipinski definition) is 3. The summed E-state index contributed by atoms with van der Waals surface area (Å²) in [4.78, 5) is 26.9. The zero-order valence-electron chi connectivity index (χ0n) is 12.7. The van der Waals surface area contributed by atoms with Crippen LogP contribution in [0.1, 0.15) is 24.8 Å². The molecule has 0 aromatic heterocycles. The molecule has 1 aromatic carbocycles. The summed E-state index contributed by atoms with van der Waals surface area (Å²) < 4.78 is 0. The molecule has 2 atom stereocenters. The highest BCUT2D eigenvalue weighted by Gasteiger charge is 2.55. The molecule has 1 saturated carbocycles. The molecule has 0 bridgehead atoms. The molecule has 1 aromatic rings. The Hall–Kier alpha value is -1.49. The molecule has 0 spiro atoms. The average Bonchev–Trinajstić information content (AvgIpc) is 3.04. The van der Waals surface area contributed by atoms with Crippen LogP contribution in [-0.2, 0) is 9.59 Å². The Morgan fingerprint density at radius 1 is 1.36 bits per heavy atom. The molecule has 2 aliphatic rings. The van der Waals surface area contributed by atoms with Gasteiger partial charge in [0.1, 0.15) is 0 Å². The third kappa shape index (κ3) is 2.74. The zero-order chi connectivity index (χ0) is 15.7. The van der Waals surface area contributed by atoms with Crippen LogP contribution in [0.25, 0.3) is 0 Å². The summed E-state index contributed by atoms with van der Waals surface area (Å²) >= 11 is 1.52. The number of rotatable bonds is 4. The summed E-state index contributed by atoms with van der Waals surface area (Å²) in [6.07, 6.45) is 2.61. The van der Waals surface area contributed by atoms with Gasteiger partial charge >= 0.3 is 5.97 Å². The molecule has 1 aliphatic heterocycles. The maximum atomic E-state index is 12.4. The second-order valence-electron chi connectivity index (χ2n) is 6.43. The second-order valence-corrected chi connectivity index (χ2v) is 7.48. The van der Waals surface area contributed by atoms with Gasteiger partial charge in [-0.3, -0.25) is 9.59 Å². The minimum Gasteiger partial charge on any atom is -0.481 e. The Balaban J connectivity index is 1.60. The summed E-state index contributed by atoms with van der Waals surface area (Å²) in [5.41, 5.74) is 0.524. The largest absolute Gasteiger partial charge is 0.481 e. The minimum atomic E-state index is -0.725. The predicted octanol–water partition coefficient (Wildman–Crippen LogP) is 2.80. The normalized spacial score (nSPS) is 27.0. The Labute approximate surface area is 134 Å². The van der Waals surface area contributed by atoms with Crippen LogP contribution in [0.2, 0.25) is 0 Å². The Bertz CT molecular complexity index is 586. The van der Waals surface area contributed by atoms with Crippen LogP contribution < -0.4 is 0 Å². The smallest absolute Gasteiger partial charge is 0.311 e. The number of carboxylic acids is 1. The van der Waals surface area contributed by atoms with Crippen LogP contribution in [0.3, 0.4) is 0 Å². The highest BCUT2D eigenvalue weighted by atomic mass is 32.2. The number of carboxylic acid groups (broad SMARTS) is 1. The number of carbonyl (C=O) groups excluding carboxylic acids is 1. The van der Waals surface area contributed by atoms with E-state index in [-0.39, 0.29) is 11.8 Å². The van der Waals surface area contributed by atoms with Gasteiger partial charge in [0, 0.05) is 18.0 Å². The molecule has 1 N–H and O–H groups in total. The van der Waals surface area contributed by atoms with Crippen molar-refractivity contribution in [1.29, 1.82) is 0 Å². The van der Waals surface area contributed by atoms with E-state index in [9.17, 15) is 14.7 Å². The fourth-order valence-electron chi connectivity index (χ4n) is 3.70. The first-order chi connectivity index (χ1) is 10.5. The van der Waals surface area contributed by atoms with E-state index in [1.165, 1.54) is 17.3 Å². The van der Waals surface area contributed by atoms with E-state index in [0.717, 1.165) is 17.7 Å². The van der Waals surface area contributed by atoms with E-state index in [1.807, 2.05) is 31.2 Å². The summed E-state index contributed by atoms with van der Waals surface area (Å²) in [6.45, 7) is 3.04. The number of aliphatic carboxylic acids is 1. The lowest BCUT2D eigenvalue weighted by Crippen LogP contribution is -2.37. The number of nitrogens with zero attached hydrogens (tertiary/aromatic N) is 1. The lowest BCUT2D eigenvalue weighted by molar-refractivity contribution is -0.149. The van der Waals surface area contributed by atoms with Gasteiger partial charge in [-0.15, -0.1) is 11.8 Å². The average molecular weight is 319 g/mol. The van der Waals surface area contributed by atoms with Crippen molar-refractivity contribution in [3.8, 4) is 0 Å². The Morgan fingerprint density at radius 2 is 2.09 bits per heavy atom. The molecular formula is C17H21NO3S. The zero-order valence-corrected chi connectivity index (χ0v) is 13.6. The molecule has 1 aliphatic carbocycles. The number of hydrogen-bond donors (Lipinski definition) is 1. The number of aryl methyl sites for hydroxylation is 1. The molecule has 0 radical (unpaired) electrons. The van der Waals surface area contributed by atoms with Crippen molar-refractivity contribution in [3.05, 3.63) is 29.8 Å². The van der Waals surface area contributed by atoms with Crippen LogP contribution in [-0.4, -0.2) is 40.7 Å². The molecule has 1 heterocycles. The fraction of sp³-hybridized carbons (Fsp3) is 0.529. The van der Waals surface area contributed by atoms with Crippen LogP contribution in [0.15, 0.2) is 29.2 Å². The number of amides is 1. The van der Waals surface area contributed by atoms with Gasteiger partial charge in [0.05, 0.1) is 11.2 Å². The van der Waals surface area contributed by atoms with Gasteiger partial charge in [0.15, 0.2) is 0 Å². The van der Waals surface area contributed by atoms with Gasteiger partial charge in [0.2, 0.25) is 5.91 Å². The van der Waals surface area contributed by atoms with Crippen molar-refractivity contribution >= 4 is 23.6 Å². The third-order valence-corrected chi connectivity index (χ3v) is 6.03. The topological polar surface area (TPSA) is 57.6 Å². The van der Waals surface area contributed by atoms with Crippen molar-refractivity contribution in [2.75, 3.05) is 18.8 Å². The standard InChI is InChI=1S/C17H21NO3S/c1-12-4-6-14(7-5-12)22-10-15(19)18-9-13-3-2-8-17(13,11-18)16(20)21/h4-7,13H,2-3,8-11H2,1H3,(H,20,21)/t13-,17+/m0/s1. The molecule has 22 heavy (non-hydrogen) atoms. The minimum absolute atomic E-state index is 0.0561. The van der Waals surface area contributed by atoms with E-state index < -0.39 is 11.4 Å². The van der Waals surface area contributed by atoms with E-state index in [0.29, 0.717) is 25.3 Å². The lowest BCUT2D eigenvalue weighted by Gasteiger charge is -2.23. The first-order valence-electron chi connectivity index (χ1n) is 7.72. The maximum Gasteiger partial charge on any atom is 0.311 e. The molecule has 4 nitrogen and oxygen atoms in total. The Morgan fingerprint density at radius 3 is 2.73 bits per heavy atom. The molecule has 2 fully saturated rings.